The summed E-state index contributed by atoms with van der Waals surface area (Å²) in [6, 6.07) is 6.52. The van der Waals surface area contributed by atoms with Gasteiger partial charge in [-0.15, -0.1) is 0 Å². The minimum atomic E-state index is -0.878. The number of hydrogen-bond acceptors (Lipinski definition) is 3. The van der Waals surface area contributed by atoms with E-state index < -0.39 is 12.0 Å². The molecule has 1 unspecified atom stereocenters. The third-order valence-corrected chi connectivity index (χ3v) is 3.08. The number of carbonyl (C=O) groups is 1. The van der Waals surface area contributed by atoms with Crippen molar-refractivity contribution in [3.8, 4) is 0 Å². The molecule has 0 aliphatic carbocycles. The smallest absolute Gasteiger partial charge is 0.326 e. The molecule has 1 aromatic carbocycles. The van der Waals surface area contributed by atoms with E-state index in [0.29, 0.717) is 22.6 Å². The Balaban J connectivity index is 2.45. The maximum absolute atomic E-state index is 11.0. The van der Waals surface area contributed by atoms with Crippen molar-refractivity contribution >= 4 is 34.2 Å². The zero-order chi connectivity index (χ0) is 13.1. The Bertz CT molecular complexity index is 586. The lowest BCUT2D eigenvalue weighted by molar-refractivity contribution is -0.137. The molecule has 5 heteroatoms. The summed E-state index contributed by atoms with van der Waals surface area (Å²) in [5.41, 5.74) is 1.37. The monoisotopic (exact) mass is 264 g/mol. The molecule has 1 heterocycles. The van der Waals surface area contributed by atoms with E-state index in [1.54, 1.807) is 24.4 Å². The lowest BCUT2D eigenvalue weighted by Gasteiger charge is -2.15. The van der Waals surface area contributed by atoms with Gasteiger partial charge in [0.25, 0.3) is 0 Å². The Morgan fingerprint density at radius 1 is 1.50 bits per heavy atom. The third kappa shape index (κ3) is 2.38. The van der Waals surface area contributed by atoms with Crippen LogP contribution in [0, 0.1) is 0 Å². The molecule has 0 saturated heterocycles. The maximum Gasteiger partial charge on any atom is 0.326 e. The molecule has 2 aromatic rings. The SMILES string of the molecule is CCC(Nc1ccc(Cl)c2cccnc12)C(=O)O. The van der Waals surface area contributed by atoms with Crippen molar-refractivity contribution in [3.63, 3.8) is 0 Å². The van der Waals surface area contributed by atoms with E-state index >= 15 is 0 Å². The second-order valence-electron chi connectivity index (χ2n) is 3.94. The number of fused-ring (bicyclic) bond motifs is 1. The Kier molecular flexibility index (Phi) is 3.67. The van der Waals surface area contributed by atoms with Crippen LogP contribution >= 0.6 is 11.6 Å². The first-order chi connectivity index (χ1) is 8.63. The number of rotatable bonds is 4. The fourth-order valence-corrected chi connectivity index (χ4v) is 2.00. The number of aliphatic carboxylic acids is 1. The van der Waals surface area contributed by atoms with E-state index in [9.17, 15) is 4.79 Å². The topological polar surface area (TPSA) is 62.2 Å². The van der Waals surface area contributed by atoms with Crippen LogP contribution in [0.5, 0.6) is 0 Å². The number of hydrogen-bond donors (Lipinski definition) is 2. The molecular formula is C13H13ClN2O2. The van der Waals surface area contributed by atoms with Crippen LogP contribution in [0.3, 0.4) is 0 Å². The summed E-state index contributed by atoms with van der Waals surface area (Å²) < 4.78 is 0. The molecule has 1 atom stereocenters. The van der Waals surface area contributed by atoms with Crippen LogP contribution in [-0.4, -0.2) is 22.1 Å². The van der Waals surface area contributed by atoms with Gasteiger partial charge >= 0.3 is 5.97 Å². The van der Waals surface area contributed by atoms with E-state index in [-0.39, 0.29) is 0 Å². The number of halogens is 1. The highest BCUT2D eigenvalue weighted by molar-refractivity contribution is 6.35. The minimum Gasteiger partial charge on any atom is -0.480 e. The van der Waals surface area contributed by atoms with Crippen LogP contribution in [0.2, 0.25) is 5.02 Å². The van der Waals surface area contributed by atoms with Gasteiger partial charge < -0.3 is 10.4 Å². The molecule has 2 rings (SSSR count). The van der Waals surface area contributed by atoms with Crippen molar-refractivity contribution in [2.75, 3.05) is 5.32 Å². The molecule has 0 amide bonds. The Morgan fingerprint density at radius 3 is 2.94 bits per heavy atom. The fourth-order valence-electron chi connectivity index (χ4n) is 1.78. The van der Waals surface area contributed by atoms with Gasteiger partial charge in [-0.25, -0.2) is 4.79 Å². The van der Waals surface area contributed by atoms with Crippen molar-refractivity contribution in [3.05, 3.63) is 35.5 Å². The lowest BCUT2D eigenvalue weighted by Crippen LogP contribution is -2.28. The second kappa shape index (κ2) is 5.23. The van der Waals surface area contributed by atoms with Crippen LogP contribution in [0.1, 0.15) is 13.3 Å². The van der Waals surface area contributed by atoms with E-state index in [2.05, 4.69) is 10.3 Å². The van der Waals surface area contributed by atoms with Gasteiger partial charge in [0.15, 0.2) is 0 Å². The molecule has 18 heavy (non-hydrogen) atoms. The second-order valence-corrected chi connectivity index (χ2v) is 4.35. The van der Waals surface area contributed by atoms with E-state index in [1.165, 1.54) is 0 Å². The van der Waals surface area contributed by atoms with Gasteiger partial charge in [-0.2, -0.15) is 0 Å². The van der Waals surface area contributed by atoms with E-state index in [0.717, 1.165) is 5.39 Å². The number of anilines is 1. The van der Waals surface area contributed by atoms with Crippen molar-refractivity contribution in [2.24, 2.45) is 0 Å². The average Bonchev–Trinajstić information content (AvgIpc) is 2.38. The number of aromatic nitrogens is 1. The molecule has 0 saturated carbocycles. The summed E-state index contributed by atoms with van der Waals surface area (Å²) in [4.78, 5) is 15.3. The predicted molar refractivity (Wildman–Crippen MR) is 72.1 cm³/mol. The number of nitrogens with one attached hydrogen (secondary N) is 1. The predicted octanol–water partition coefficient (Wildman–Crippen LogP) is 3.16. The number of pyridine rings is 1. The molecular weight excluding hydrogens is 252 g/mol. The lowest BCUT2D eigenvalue weighted by atomic mass is 10.1. The van der Waals surface area contributed by atoms with Crippen LogP contribution in [-0.2, 0) is 4.79 Å². The summed E-state index contributed by atoms with van der Waals surface area (Å²) >= 11 is 6.08. The standard InChI is InChI=1S/C13H13ClN2O2/c1-2-10(13(17)18)16-11-6-5-9(14)8-4-3-7-15-12(8)11/h3-7,10,16H,2H2,1H3,(H,17,18). The first-order valence-corrected chi connectivity index (χ1v) is 6.04. The van der Waals surface area contributed by atoms with Crippen molar-refractivity contribution in [1.82, 2.24) is 4.98 Å². The summed E-state index contributed by atoms with van der Waals surface area (Å²) in [7, 11) is 0. The first kappa shape index (κ1) is 12.6. The number of nitrogens with zero attached hydrogens (tertiary/aromatic N) is 1. The van der Waals surface area contributed by atoms with Crippen LogP contribution < -0.4 is 5.32 Å². The van der Waals surface area contributed by atoms with Crippen LogP contribution in [0.25, 0.3) is 10.9 Å². The van der Waals surface area contributed by atoms with Gasteiger partial charge in [0.2, 0.25) is 0 Å². The number of carboxylic acid groups (broad SMARTS) is 1. The van der Waals surface area contributed by atoms with Gasteiger partial charge in [-0.05, 0) is 30.7 Å². The molecule has 94 valence electrons. The van der Waals surface area contributed by atoms with Gasteiger partial charge in [0.05, 0.1) is 16.2 Å². The zero-order valence-electron chi connectivity index (χ0n) is 9.85. The summed E-state index contributed by atoms with van der Waals surface area (Å²) in [6.45, 7) is 1.82. The highest BCUT2D eigenvalue weighted by atomic mass is 35.5. The number of carboxylic acids is 1. The average molecular weight is 265 g/mol. The van der Waals surface area contributed by atoms with Gasteiger partial charge in [0, 0.05) is 11.6 Å². The number of benzene rings is 1. The fraction of sp³-hybridized carbons (Fsp3) is 0.231. The van der Waals surface area contributed by atoms with Gasteiger partial charge in [0.1, 0.15) is 6.04 Å². The molecule has 0 aliphatic heterocycles. The van der Waals surface area contributed by atoms with Crippen molar-refractivity contribution in [2.45, 2.75) is 19.4 Å². The molecule has 0 bridgehead atoms. The van der Waals surface area contributed by atoms with E-state index in [4.69, 9.17) is 16.7 Å². The Morgan fingerprint density at radius 2 is 2.28 bits per heavy atom. The maximum atomic E-state index is 11.0. The highest BCUT2D eigenvalue weighted by Crippen LogP contribution is 2.28. The van der Waals surface area contributed by atoms with E-state index in [1.807, 2.05) is 13.0 Å². The van der Waals surface area contributed by atoms with Crippen LogP contribution in [0.15, 0.2) is 30.5 Å². The first-order valence-electron chi connectivity index (χ1n) is 5.66. The summed E-state index contributed by atoms with van der Waals surface area (Å²) in [6.07, 6.45) is 2.15. The Labute approximate surface area is 110 Å². The van der Waals surface area contributed by atoms with Crippen molar-refractivity contribution < 1.29 is 9.90 Å². The quantitative estimate of drug-likeness (QED) is 0.890. The van der Waals surface area contributed by atoms with Crippen LogP contribution in [0.4, 0.5) is 5.69 Å². The molecule has 4 nitrogen and oxygen atoms in total. The normalized spacial score (nSPS) is 12.3. The molecule has 2 N–H and O–H groups in total. The molecule has 0 fully saturated rings. The summed E-state index contributed by atoms with van der Waals surface area (Å²) in [5.74, 6) is -0.878. The summed E-state index contributed by atoms with van der Waals surface area (Å²) in [5, 5.41) is 13.4. The molecule has 0 aliphatic rings. The van der Waals surface area contributed by atoms with Crippen molar-refractivity contribution in [1.29, 1.82) is 0 Å². The highest BCUT2D eigenvalue weighted by Gasteiger charge is 2.16. The third-order valence-electron chi connectivity index (χ3n) is 2.75. The Hall–Kier alpha value is -1.81. The molecule has 1 aromatic heterocycles. The molecule has 0 radical (unpaired) electrons. The van der Waals surface area contributed by atoms with Gasteiger partial charge in [-0.1, -0.05) is 18.5 Å². The minimum absolute atomic E-state index is 0.492. The largest absolute Gasteiger partial charge is 0.480 e. The molecule has 0 spiro atoms. The zero-order valence-corrected chi connectivity index (χ0v) is 10.6. The van der Waals surface area contributed by atoms with Gasteiger partial charge in [-0.3, -0.25) is 4.98 Å².